The van der Waals surface area contributed by atoms with Gasteiger partial charge in [-0.1, -0.05) is 23.7 Å². The van der Waals surface area contributed by atoms with Gasteiger partial charge in [0.05, 0.1) is 22.1 Å². The summed E-state index contributed by atoms with van der Waals surface area (Å²) in [4.78, 5) is 28.1. The Labute approximate surface area is 199 Å². The molecule has 2 heterocycles. The fourth-order valence-corrected chi connectivity index (χ4v) is 6.06. The van der Waals surface area contributed by atoms with Crippen LogP contribution in [0, 0.1) is 5.92 Å². The van der Waals surface area contributed by atoms with Gasteiger partial charge in [-0.25, -0.2) is 8.42 Å². The van der Waals surface area contributed by atoms with Crippen molar-refractivity contribution in [1.82, 2.24) is 9.21 Å². The molecular formula is C24H28ClN3O4S. The van der Waals surface area contributed by atoms with Crippen LogP contribution < -0.4 is 5.32 Å². The Morgan fingerprint density at radius 1 is 0.909 bits per heavy atom. The summed E-state index contributed by atoms with van der Waals surface area (Å²) >= 11 is 5.89. The van der Waals surface area contributed by atoms with Crippen LogP contribution in [-0.2, 0) is 14.8 Å². The van der Waals surface area contributed by atoms with Crippen LogP contribution in [0.5, 0.6) is 0 Å². The van der Waals surface area contributed by atoms with E-state index in [2.05, 4.69) is 5.32 Å². The van der Waals surface area contributed by atoms with Crippen molar-refractivity contribution in [2.45, 2.75) is 37.0 Å². The molecule has 2 amide bonds. The summed E-state index contributed by atoms with van der Waals surface area (Å²) in [6.45, 7) is 1.90. The number of likely N-dealkylation sites (tertiary alicyclic amines) is 1. The highest BCUT2D eigenvalue weighted by atomic mass is 35.5. The molecule has 0 aliphatic carbocycles. The number of benzene rings is 2. The van der Waals surface area contributed by atoms with E-state index in [1.54, 1.807) is 36.4 Å². The van der Waals surface area contributed by atoms with E-state index < -0.39 is 15.9 Å². The third kappa shape index (κ3) is 5.39. The Balaban J connectivity index is 1.47. The number of sulfonamides is 1. The van der Waals surface area contributed by atoms with Gasteiger partial charge in [0.15, 0.2) is 0 Å². The highest BCUT2D eigenvalue weighted by Gasteiger charge is 2.34. The third-order valence-corrected chi connectivity index (χ3v) is 8.40. The van der Waals surface area contributed by atoms with Gasteiger partial charge in [-0.05, 0) is 68.5 Å². The van der Waals surface area contributed by atoms with Crippen molar-refractivity contribution in [3.05, 3.63) is 59.1 Å². The van der Waals surface area contributed by atoms with Crippen molar-refractivity contribution in [2.75, 3.05) is 31.5 Å². The third-order valence-electron chi connectivity index (χ3n) is 6.26. The lowest BCUT2D eigenvalue weighted by atomic mass is 9.98. The van der Waals surface area contributed by atoms with Crippen molar-refractivity contribution in [1.29, 1.82) is 0 Å². The number of amides is 2. The van der Waals surface area contributed by atoms with Crippen LogP contribution in [0.1, 0.15) is 42.5 Å². The van der Waals surface area contributed by atoms with E-state index in [-0.39, 0.29) is 23.3 Å². The molecule has 0 aromatic heterocycles. The Bertz CT molecular complexity index is 1110. The molecule has 0 radical (unpaired) electrons. The van der Waals surface area contributed by atoms with Crippen LogP contribution >= 0.6 is 11.6 Å². The molecule has 0 bridgehead atoms. The summed E-state index contributed by atoms with van der Waals surface area (Å²) in [5.74, 6) is -0.856. The summed E-state index contributed by atoms with van der Waals surface area (Å²) in [7, 11) is -3.72. The van der Waals surface area contributed by atoms with E-state index in [4.69, 9.17) is 11.6 Å². The fourth-order valence-electron chi connectivity index (χ4n) is 4.41. The minimum atomic E-state index is -3.72. The normalized spacial score (nSPS) is 19.8. The number of hydrogen-bond acceptors (Lipinski definition) is 4. The van der Waals surface area contributed by atoms with Gasteiger partial charge in [0.1, 0.15) is 0 Å². The molecule has 2 saturated heterocycles. The summed E-state index contributed by atoms with van der Waals surface area (Å²) < 4.78 is 27.4. The van der Waals surface area contributed by atoms with Crippen molar-refractivity contribution < 1.29 is 18.0 Å². The molecule has 2 aliphatic heterocycles. The van der Waals surface area contributed by atoms with Gasteiger partial charge in [0.25, 0.3) is 5.91 Å². The standard InChI is InChI=1S/C24H28ClN3O4S/c25-19-10-12-20(13-11-19)33(31,32)28-16-6-7-18(17-28)23(29)26-22-9-3-2-8-21(22)24(30)27-14-4-1-5-15-27/h2-3,8-13,18H,1,4-7,14-17H2,(H,26,29)/t18-/m1/s1. The smallest absolute Gasteiger partial charge is 0.255 e. The Morgan fingerprint density at radius 3 is 2.33 bits per heavy atom. The average molecular weight is 490 g/mol. The quantitative estimate of drug-likeness (QED) is 0.687. The number of anilines is 1. The molecule has 0 unspecified atom stereocenters. The average Bonchev–Trinajstić information content (AvgIpc) is 2.85. The van der Waals surface area contributed by atoms with Gasteiger partial charge in [-0.2, -0.15) is 4.31 Å². The van der Waals surface area contributed by atoms with Crippen molar-refractivity contribution in [2.24, 2.45) is 5.92 Å². The van der Waals surface area contributed by atoms with Gasteiger partial charge in [0.2, 0.25) is 15.9 Å². The molecule has 176 valence electrons. The molecule has 1 atom stereocenters. The van der Waals surface area contributed by atoms with Crippen molar-refractivity contribution in [3.63, 3.8) is 0 Å². The summed E-state index contributed by atoms with van der Waals surface area (Å²) in [5, 5.41) is 3.35. The van der Waals surface area contributed by atoms with Crippen LogP contribution in [0.4, 0.5) is 5.69 Å². The lowest BCUT2D eigenvalue weighted by Gasteiger charge is -2.31. The Morgan fingerprint density at radius 2 is 1.61 bits per heavy atom. The monoisotopic (exact) mass is 489 g/mol. The highest BCUT2D eigenvalue weighted by Crippen LogP contribution is 2.27. The van der Waals surface area contributed by atoms with E-state index in [0.717, 1.165) is 32.4 Å². The number of hydrogen-bond donors (Lipinski definition) is 1. The van der Waals surface area contributed by atoms with Crippen molar-refractivity contribution >= 4 is 39.1 Å². The molecule has 1 N–H and O–H groups in total. The fraction of sp³-hybridized carbons (Fsp3) is 0.417. The van der Waals surface area contributed by atoms with Crippen LogP contribution in [0.15, 0.2) is 53.4 Å². The summed E-state index contributed by atoms with van der Waals surface area (Å²) in [5.41, 5.74) is 0.935. The zero-order valence-electron chi connectivity index (χ0n) is 18.4. The SMILES string of the molecule is O=C(Nc1ccccc1C(=O)N1CCCCC1)[C@@H]1CCCN(S(=O)(=O)c2ccc(Cl)cc2)C1. The number of nitrogens with one attached hydrogen (secondary N) is 1. The topological polar surface area (TPSA) is 86.8 Å². The maximum absolute atomic E-state index is 13.1. The van der Waals surface area contributed by atoms with Crippen LogP contribution in [-0.4, -0.2) is 55.6 Å². The van der Waals surface area contributed by atoms with E-state index in [1.807, 2.05) is 4.90 Å². The molecule has 4 rings (SSSR count). The molecule has 0 saturated carbocycles. The predicted octanol–water partition coefficient (Wildman–Crippen LogP) is 4.01. The molecule has 2 fully saturated rings. The van der Waals surface area contributed by atoms with Gasteiger partial charge in [-0.3, -0.25) is 9.59 Å². The zero-order valence-corrected chi connectivity index (χ0v) is 19.9. The van der Waals surface area contributed by atoms with E-state index in [1.165, 1.54) is 16.4 Å². The van der Waals surface area contributed by atoms with Crippen LogP contribution in [0.3, 0.4) is 0 Å². The molecule has 2 aliphatic rings. The zero-order chi connectivity index (χ0) is 23.4. The maximum atomic E-state index is 13.1. The number of piperidine rings is 2. The lowest BCUT2D eigenvalue weighted by molar-refractivity contribution is -0.120. The number of halogens is 1. The van der Waals surface area contributed by atoms with Gasteiger partial charge in [-0.15, -0.1) is 0 Å². The largest absolute Gasteiger partial charge is 0.339 e. The highest BCUT2D eigenvalue weighted by molar-refractivity contribution is 7.89. The maximum Gasteiger partial charge on any atom is 0.255 e. The molecule has 2 aromatic carbocycles. The van der Waals surface area contributed by atoms with Crippen LogP contribution in [0.25, 0.3) is 0 Å². The summed E-state index contributed by atoms with van der Waals surface area (Å²) in [6.07, 6.45) is 4.26. The first-order chi connectivity index (χ1) is 15.9. The first kappa shape index (κ1) is 23.7. The summed E-state index contributed by atoms with van der Waals surface area (Å²) in [6, 6.07) is 13.0. The molecule has 0 spiro atoms. The number of rotatable bonds is 5. The second-order valence-electron chi connectivity index (χ2n) is 8.54. The van der Waals surface area contributed by atoms with Crippen molar-refractivity contribution in [3.8, 4) is 0 Å². The number of para-hydroxylation sites is 1. The van der Waals surface area contributed by atoms with Gasteiger partial charge >= 0.3 is 0 Å². The molecule has 7 nitrogen and oxygen atoms in total. The van der Waals surface area contributed by atoms with Gasteiger partial charge in [0, 0.05) is 31.2 Å². The Hall–Kier alpha value is -2.42. The lowest BCUT2D eigenvalue weighted by Crippen LogP contribution is -2.43. The minimum absolute atomic E-state index is 0.0822. The molecular weight excluding hydrogens is 462 g/mol. The number of carbonyl (C=O) groups excluding carboxylic acids is 2. The molecule has 33 heavy (non-hydrogen) atoms. The second-order valence-corrected chi connectivity index (χ2v) is 10.9. The predicted molar refractivity (Wildman–Crippen MR) is 128 cm³/mol. The molecule has 9 heteroatoms. The van der Waals surface area contributed by atoms with Crippen LogP contribution in [0.2, 0.25) is 5.02 Å². The van der Waals surface area contributed by atoms with E-state index >= 15 is 0 Å². The number of nitrogens with zero attached hydrogens (tertiary/aromatic N) is 2. The first-order valence-electron chi connectivity index (χ1n) is 11.3. The van der Waals surface area contributed by atoms with Gasteiger partial charge < -0.3 is 10.2 Å². The minimum Gasteiger partial charge on any atom is -0.339 e. The second kappa shape index (κ2) is 10.2. The van der Waals surface area contributed by atoms with E-state index in [9.17, 15) is 18.0 Å². The van der Waals surface area contributed by atoms with E-state index in [0.29, 0.717) is 35.7 Å². The number of carbonyl (C=O) groups is 2. The first-order valence-corrected chi connectivity index (χ1v) is 13.1. The molecule has 2 aromatic rings. The Kier molecular flexibility index (Phi) is 7.36.